The predicted octanol–water partition coefficient (Wildman–Crippen LogP) is 2.52. The molecule has 16 heteroatoms. The molecule has 2 aromatic carbocycles. The van der Waals surface area contributed by atoms with E-state index in [1.807, 2.05) is 0 Å². The van der Waals surface area contributed by atoms with Crippen LogP contribution in [0.1, 0.15) is 24.2 Å². The lowest BCUT2D eigenvalue weighted by Crippen LogP contribution is -2.50. The van der Waals surface area contributed by atoms with Gasteiger partial charge in [0.1, 0.15) is 12.1 Å². The van der Waals surface area contributed by atoms with Crippen molar-refractivity contribution < 1.29 is 13.2 Å². The van der Waals surface area contributed by atoms with Gasteiger partial charge in [0.15, 0.2) is 17.5 Å². The minimum absolute atomic E-state index is 0.138. The highest BCUT2D eigenvalue weighted by molar-refractivity contribution is 6.33. The summed E-state index contributed by atoms with van der Waals surface area (Å²) in [5, 5.41) is 18.7. The van der Waals surface area contributed by atoms with Crippen molar-refractivity contribution in [3.05, 3.63) is 97.2 Å². The Labute approximate surface area is 238 Å². The first kappa shape index (κ1) is 27.2. The van der Waals surface area contributed by atoms with Crippen molar-refractivity contribution in [3.8, 4) is 6.07 Å². The molecular weight excluding hydrogens is 577 g/mol. The number of H-pyrrole nitrogens is 1. The molecule has 1 saturated carbocycles. The molecule has 0 atom stereocenters. The molecule has 0 saturated heterocycles. The molecule has 0 bridgehead atoms. The molecule has 1 aliphatic rings. The normalized spacial score (nSPS) is 14.4. The van der Waals surface area contributed by atoms with Gasteiger partial charge in [0.2, 0.25) is 5.62 Å². The third kappa shape index (κ3) is 5.00. The summed E-state index contributed by atoms with van der Waals surface area (Å²) in [7, 11) is 1.61. The number of nitriles is 1. The molecule has 214 valence electrons. The van der Waals surface area contributed by atoms with Crippen LogP contribution < -0.4 is 17.0 Å². The molecule has 12 nitrogen and oxygen atoms in total. The largest absolute Gasteiger partial charge is 0.335 e. The number of aryl methyl sites for hydroxylation is 1. The third-order valence-electron chi connectivity index (χ3n) is 7.03. The highest BCUT2D eigenvalue weighted by Gasteiger charge is 2.44. The van der Waals surface area contributed by atoms with E-state index in [1.165, 1.54) is 11.0 Å². The van der Waals surface area contributed by atoms with E-state index in [2.05, 4.69) is 31.2 Å². The molecule has 5 aromatic rings. The van der Waals surface area contributed by atoms with Gasteiger partial charge in [-0.1, -0.05) is 11.6 Å². The Morgan fingerprint density at radius 2 is 1.86 bits per heavy atom. The summed E-state index contributed by atoms with van der Waals surface area (Å²) >= 11 is 6.54. The SMILES string of the molecule is Cn1cnc(Cn2c(=O)[nH]/c(=N\c3cc4cnn(CC5(C#N)CC5)c4cc3Cl)n(Cc3cc(F)c(F)cc3F)c2=O)n1. The fraction of sp³-hybridized carbons (Fsp3) is 0.269. The second-order valence-electron chi connectivity index (χ2n) is 10.1. The Morgan fingerprint density at radius 1 is 1.10 bits per heavy atom. The van der Waals surface area contributed by atoms with Crippen LogP contribution in [0.15, 0.2) is 51.4 Å². The highest BCUT2D eigenvalue weighted by Crippen LogP contribution is 2.46. The molecule has 1 aliphatic carbocycles. The fourth-order valence-electron chi connectivity index (χ4n) is 4.53. The molecule has 3 heterocycles. The van der Waals surface area contributed by atoms with Crippen molar-refractivity contribution in [2.45, 2.75) is 32.5 Å². The summed E-state index contributed by atoms with van der Waals surface area (Å²) < 4.78 is 46.9. The maximum Gasteiger partial charge on any atom is 0.335 e. The van der Waals surface area contributed by atoms with Gasteiger partial charge in [0, 0.05) is 24.1 Å². The number of benzene rings is 2. The molecule has 6 rings (SSSR count). The second kappa shape index (κ2) is 10.1. The summed E-state index contributed by atoms with van der Waals surface area (Å²) in [6.45, 7) is -0.539. The number of aromatic nitrogens is 8. The Kier molecular flexibility index (Phi) is 6.57. The van der Waals surface area contributed by atoms with Crippen molar-refractivity contribution >= 4 is 28.2 Å². The molecule has 0 amide bonds. The molecule has 0 unspecified atom stereocenters. The first-order valence-corrected chi connectivity index (χ1v) is 13.0. The first-order valence-electron chi connectivity index (χ1n) is 12.6. The van der Waals surface area contributed by atoms with E-state index in [0.717, 1.165) is 22.0 Å². The van der Waals surface area contributed by atoms with E-state index in [1.54, 1.807) is 30.1 Å². The average molecular weight is 597 g/mol. The summed E-state index contributed by atoms with van der Waals surface area (Å²) in [4.78, 5) is 37.5. The summed E-state index contributed by atoms with van der Waals surface area (Å²) in [5.41, 5.74) is -2.16. The number of nitrogens with one attached hydrogen (secondary N) is 1. The van der Waals surface area contributed by atoms with Gasteiger partial charge < -0.3 is 0 Å². The molecule has 0 aliphatic heterocycles. The monoisotopic (exact) mass is 596 g/mol. The summed E-state index contributed by atoms with van der Waals surface area (Å²) in [6, 6.07) is 6.49. The zero-order chi connectivity index (χ0) is 29.8. The number of rotatable bonds is 7. The second-order valence-corrected chi connectivity index (χ2v) is 10.5. The minimum Gasteiger partial charge on any atom is -0.277 e. The van der Waals surface area contributed by atoms with Crippen LogP contribution in [0.3, 0.4) is 0 Å². The molecule has 0 spiro atoms. The maximum atomic E-state index is 14.6. The third-order valence-corrected chi connectivity index (χ3v) is 7.33. The van der Waals surface area contributed by atoms with Crippen molar-refractivity contribution in [2.75, 3.05) is 0 Å². The number of fused-ring (bicyclic) bond motifs is 1. The standard InChI is InChI=1S/C26H20ClF3N10O2/c1-37-13-32-22(36-37)10-39-24(41)35-23(38(25(39)42)9-15-4-18(29)19(30)7-17(15)28)34-20-5-14-8-33-40(21(14)6-16(20)27)12-26(11-31)2-3-26/h4-8,13H,2-3,9-10,12H2,1H3,(H,34,35,41). The molecular formula is C26H20ClF3N10O2. The Hall–Kier alpha value is -4.97. The molecule has 0 radical (unpaired) electrons. The summed E-state index contributed by atoms with van der Waals surface area (Å²) in [5.74, 6) is -3.67. The van der Waals surface area contributed by atoms with Gasteiger partial charge in [-0.05, 0) is 31.0 Å². The number of aromatic amines is 1. The van der Waals surface area contributed by atoms with Crippen LogP contribution in [-0.2, 0) is 26.7 Å². The average Bonchev–Trinajstić information content (AvgIpc) is 3.45. The molecule has 42 heavy (non-hydrogen) atoms. The van der Waals surface area contributed by atoms with Crippen LogP contribution in [0.4, 0.5) is 18.9 Å². The Bertz CT molecular complexity index is 2110. The van der Waals surface area contributed by atoms with E-state index in [4.69, 9.17) is 11.6 Å². The van der Waals surface area contributed by atoms with Crippen molar-refractivity contribution in [2.24, 2.45) is 17.5 Å². The van der Waals surface area contributed by atoms with Crippen LogP contribution in [0.5, 0.6) is 0 Å². The lowest BCUT2D eigenvalue weighted by atomic mass is 10.1. The first-order chi connectivity index (χ1) is 20.1. The Balaban J connectivity index is 1.49. The van der Waals surface area contributed by atoms with E-state index >= 15 is 0 Å². The van der Waals surface area contributed by atoms with Gasteiger partial charge in [-0.15, -0.1) is 0 Å². The van der Waals surface area contributed by atoms with Gasteiger partial charge in [0.05, 0.1) is 53.5 Å². The van der Waals surface area contributed by atoms with E-state index in [-0.39, 0.29) is 34.3 Å². The van der Waals surface area contributed by atoms with Crippen LogP contribution >= 0.6 is 11.6 Å². The smallest absolute Gasteiger partial charge is 0.277 e. The number of hydrogen-bond donors (Lipinski definition) is 1. The van der Waals surface area contributed by atoms with Gasteiger partial charge in [-0.25, -0.2) is 37.3 Å². The Morgan fingerprint density at radius 3 is 2.55 bits per heavy atom. The van der Waals surface area contributed by atoms with Crippen molar-refractivity contribution in [3.63, 3.8) is 0 Å². The number of halogens is 4. The molecule has 3 aromatic heterocycles. The van der Waals surface area contributed by atoms with Gasteiger partial charge in [-0.3, -0.25) is 18.9 Å². The van der Waals surface area contributed by atoms with Crippen LogP contribution in [0.2, 0.25) is 5.02 Å². The maximum absolute atomic E-state index is 14.6. The van der Waals surface area contributed by atoms with Crippen LogP contribution in [-0.4, -0.2) is 38.7 Å². The van der Waals surface area contributed by atoms with Crippen molar-refractivity contribution in [1.29, 1.82) is 5.26 Å². The quantitative estimate of drug-likeness (QED) is 0.286. The lowest BCUT2D eigenvalue weighted by molar-refractivity contribution is 0.481. The fourth-order valence-corrected chi connectivity index (χ4v) is 4.73. The topological polar surface area (TPSA) is 144 Å². The summed E-state index contributed by atoms with van der Waals surface area (Å²) in [6.07, 6.45) is 4.51. The van der Waals surface area contributed by atoms with Gasteiger partial charge >= 0.3 is 11.4 Å². The number of hydrogen-bond acceptors (Lipinski definition) is 7. The minimum atomic E-state index is -1.39. The van der Waals surface area contributed by atoms with Gasteiger partial charge in [0.25, 0.3) is 0 Å². The zero-order valence-electron chi connectivity index (χ0n) is 21.9. The van der Waals surface area contributed by atoms with E-state index in [0.29, 0.717) is 29.6 Å². The number of nitrogens with zero attached hydrogens (tertiary/aromatic N) is 9. The zero-order valence-corrected chi connectivity index (χ0v) is 22.6. The van der Waals surface area contributed by atoms with E-state index in [9.17, 15) is 28.0 Å². The van der Waals surface area contributed by atoms with E-state index < -0.39 is 40.8 Å². The van der Waals surface area contributed by atoms with Gasteiger partial charge in [-0.2, -0.15) is 15.5 Å². The van der Waals surface area contributed by atoms with Crippen LogP contribution in [0.25, 0.3) is 10.9 Å². The van der Waals surface area contributed by atoms with Crippen molar-refractivity contribution in [1.82, 2.24) is 38.7 Å². The molecule has 1 N–H and O–H groups in total. The predicted molar refractivity (Wildman–Crippen MR) is 142 cm³/mol. The molecule has 1 fully saturated rings. The highest BCUT2D eigenvalue weighted by atomic mass is 35.5. The van der Waals surface area contributed by atoms with Crippen LogP contribution in [0, 0.1) is 34.2 Å². The lowest BCUT2D eigenvalue weighted by Gasteiger charge is -2.12.